The van der Waals surface area contributed by atoms with Gasteiger partial charge >= 0.3 is 0 Å². The van der Waals surface area contributed by atoms with Gasteiger partial charge in [-0.3, -0.25) is 0 Å². The standard InChI is InChI=1S/C19H26N2.ClH/c1-2-3-6-17-14-21(12-11-19(17)20)18-10-9-15-7-4-5-8-16(15)13-18;/h4-5,7-10,13,17,19H,2-3,6,11-12,14,20H2,1H3;1H/t17-,19+;/m0./s1. The van der Waals surface area contributed by atoms with Crippen molar-refractivity contribution in [2.24, 2.45) is 11.7 Å². The zero-order valence-electron chi connectivity index (χ0n) is 13.4. The van der Waals surface area contributed by atoms with Crippen molar-refractivity contribution in [3.63, 3.8) is 0 Å². The molecule has 120 valence electrons. The highest BCUT2D eigenvalue weighted by atomic mass is 35.5. The summed E-state index contributed by atoms with van der Waals surface area (Å²) in [5, 5.41) is 2.65. The van der Waals surface area contributed by atoms with Gasteiger partial charge in [-0.1, -0.05) is 50.1 Å². The molecular weight excluding hydrogens is 292 g/mol. The van der Waals surface area contributed by atoms with E-state index in [0.29, 0.717) is 12.0 Å². The van der Waals surface area contributed by atoms with Crippen LogP contribution in [0.4, 0.5) is 5.69 Å². The Balaban J connectivity index is 0.00000176. The third-order valence-electron chi connectivity index (χ3n) is 4.82. The van der Waals surface area contributed by atoms with Gasteiger partial charge in [0.15, 0.2) is 0 Å². The number of halogens is 1. The van der Waals surface area contributed by atoms with Crippen molar-refractivity contribution < 1.29 is 0 Å². The lowest BCUT2D eigenvalue weighted by Crippen LogP contribution is -2.47. The van der Waals surface area contributed by atoms with Crippen molar-refractivity contribution in [3.05, 3.63) is 42.5 Å². The van der Waals surface area contributed by atoms with Crippen LogP contribution in [0.5, 0.6) is 0 Å². The molecule has 0 bridgehead atoms. The SMILES string of the molecule is CCCC[C@H]1CN(c2ccc3ccccc3c2)CC[C@H]1N.Cl. The smallest absolute Gasteiger partial charge is 0.0372 e. The van der Waals surface area contributed by atoms with Crippen LogP contribution < -0.4 is 10.6 Å². The molecule has 0 saturated carbocycles. The third kappa shape index (κ3) is 3.74. The van der Waals surface area contributed by atoms with Gasteiger partial charge in [-0.25, -0.2) is 0 Å². The normalized spacial score (nSPS) is 21.6. The molecule has 0 aliphatic carbocycles. The van der Waals surface area contributed by atoms with Gasteiger partial charge in [-0.15, -0.1) is 12.4 Å². The summed E-state index contributed by atoms with van der Waals surface area (Å²) in [6.07, 6.45) is 4.94. The molecule has 0 unspecified atom stereocenters. The molecular formula is C19H27ClN2. The second-order valence-electron chi connectivity index (χ2n) is 6.33. The van der Waals surface area contributed by atoms with E-state index in [4.69, 9.17) is 5.73 Å². The topological polar surface area (TPSA) is 29.3 Å². The Morgan fingerprint density at radius 3 is 2.68 bits per heavy atom. The Bertz CT molecular complexity index is 599. The first-order chi connectivity index (χ1) is 10.3. The summed E-state index contributed by atoms with van der Waals surface area (Å²) in [5.41, 5.74) is 7.67. The molecule has 0 amide bonds. The fraction of sp³-hybridized carbons (Fsp3) is 0.474. The van der Waals surface area contributed by atoms with Gasteiger partial charge in [0.2, 0.25) is 0 Å². The van der Waals surface area contributed by atoms with Crippen LogP contribution in [0.15, 0.2) is 42.5 Å². The summed E-state index contributed by atoms with van der Waals surface area (Å²) >= 11 is 0. The minimum Gasteiger partial charge on any atom is -0.371 e. The molecule has 2 aromatic carbocycles. The number of nitrogens with zero attached hydrogens (tertiary/aromatic N) is 1. The van der Waals surface area contributed by atoms with E-state index in [2.05, 4.69) is 54.3 Å². The molecule has 22 heavy (non-hydrogen) atoms. The molecule has 2 nitrogen and oxygen atoms in total. The van der Waals surface area contributed by atoms with Gasteiger partial charge in [0.1, 0.15) is 0 Å². The average Bonchev–Trinajstić information content (AvgIpc) is 2.53. The zero-order valence-corrected chi connectivity index (χ0v) is 14.2. The summed E-state index contributed by atoms with van der Waals surface area (Å²) in [5.74, 6) is 0.644. The highest BCUT2D eigenvalue weighted by molar-refractivity contribution is 5.86. The number of piperidine rings is 1. The molecule has 2 aromatic rings. The largest absolute Gasteiger partial charge is 0.371 e. The van der Waals surface area contributed by atoms with Gasteiger partial charge in [0.25, 0.3) is 0 Å². The van der Waals surface area contributed by atoms with Crippen molar-refractivity contribution in [2.75, 3.05) is 18.0 Å². The highest BCUT2D eigenvalue weighted by Gasteiger charge is 2.26. The van der Waals surface area contributed by atoms with Crippen molar-refractivity contribution in [1.29, 1.82) is 0 Å². The Labute approximate surface area is 140 Å². The van der Waals surface area contributed by atoms with Crippen molar-refractivity contribution >= 4 is 28.9 Å². The highest BCUT2D eigenvalue weighted by Crippen LogP contribution is 2.28. The number of nitrogens with two attached hydrogens (primary N) is 1. The molecule has 0 spiro atoms. The average molecular weight is 319 g/mol. The van der Waals surface area contributed by atoms with Crippen LogP contribution in [0, 0.1) is 5.92 Å². The fourth-order valence-electron chi connectivity index (χ4n) is 3.43. The molecule has 0 aromatic heterocycles. The fourth-order valence-corrected chi connectivity index (χ4v) is 3.43. The van der Waals surface area contributed by atoms with Crippen LogP contribution in [0.2, 0.25) is 0 Å². The molecule has 1 saturated heterocycles. The van der Waals surface area contributed by atoms with Crippen LogP contribution in [0.3, 0.4) is 0 Å². The lowest BCUT2D eigenvalue weighted by atomic mass is 9.88. The van der Waals surface area contributed by atoms with E-state index in [9.17, 15) is 0 Å². The number of rotatable bonds is 4. The van der Waals surface area contributed by atoms with Crippen molar-refractivity contribution in [2.45, 2.75) is 38.6 Å². The molecule has 1 aliphatic heterocycles. The second kappa shape index (κ2) is 7.85. The second-order valence-corrected chi connectivity index (χ2v) is 6.33. The van der Waals surface area contributed by atoms with E-state index >= 15 is 0 Å². The van der Waals surface area contributed by atoms with E-state index < -0.39 is 0 Å². The van der Waals surface area contributed by atoms with Crippen LogP contribution in [0.1, 0.15) is 32.6 Å². The summed E-state index contributed by atoms with van der Waals surface area (Å²) in [6.45, 7) is 4.46. The Morgan fingerprint density at radius 2 is 1.91 bits per heavy atom. The van der Waals surface area contributed by atoms with Gasteiger partial charge < -0.3 is 10.6 Å². The molecule has 1 fully saturated rings. The maximum atomic E-state index is 6.32. The molecule has 1 aliphatic rings. The third-order valence-corrected chi connectivity index (χ3v) is 4.82. The van der Waals surface area contributed by atoms with E-state index in [-0.39, 0.29) is 12.4 Å². The first kappa shape index (κ1) is 17.1. The van der Waals surface area contributed by atoms with Crippen LogP contribution in [-0.4, -0.2) is 19.1 Å². The lowest BCUT2D eigenvalue weighted by Gasteiger charge is -2.38. The Hall–Kier alpha value is -1.25. The van der Waals surface area contributed by atoms with E-state index in [0.717, 1.165) is 19.5 Å². The molecule has 3 heteroatoms. The summed E-state index contributed by atoms with van der Waals surface area (Å²) in [6, 6.07) is 15.8. The van der Waals surface area contributed by atoms with Crippen LogP contribution in [-0.2, 0) is 0 Å². The van der Waals surface area contributed by atoms with Gasteiger partial charge in [-0.05, 0) is 41.7 Å². The Kier molecular flexibility index (Phi) is 6.10. The number of fused-ring (bicyclic) bond motifs is 1. The van der Waals surface area contributed by atoms with E-state index in [1.54, 1.807) is 0 Å². The predicted octanol–water partition coefficient (Wildman–Crippen LogP) is 4.61. The molecule has 2 N–H and O–H groups in total. The van der Waals surface area contributed by atoms with Gasteiger partial charge in [0.05, 0.1) is 0 Å². The quantitative estimate of drug-likeness (QED) is 0.892. The molecule has 2 atom stereocenters. The van der Waals surface area contributed by atoms with Gasteiger partial charge in [-0.2, -0.15) is 0 Å². The number of hydrogen-bond acceptors (Lipinski definition) is 2. The van der Waals surface area contributed by atoms with Gasteiger partial charge in [0, 0.05) is 24.8 Å². The monoisotopic (exact) mass is 318 g/mol. The van der Waals surface area contributed by atoms with Crippen LogP contribution >= 0.6 is 12.4 Å². The summed E-state index contributed by atoms with van der Waals surface area (Å²) in [4.78, 5) is 2.52. The molecule has 3 rings (SSSR count). The van der Waals surface area contributed by atoms with E-state index in [1.807, 2.05) is 0 Å². The zero-order chi connectivity index (χ0) is 14.7. The maximum absolute atomic E-state index is 6.32. The first-order valence-electron chi connectivity index (χ1n) is 8.27. The minimum atomic E-state index is 0. The van der Waals surface area contributed by atoms with Crippen molar-refractivity contribution in [1.82, 2.24) is 0 Å². The molecule has 0 radical (unpaired) electrons. The molecule has 1 heterocycles. The van der Waals surface area contributed by atoms with Crippen LogP contribution in [0.25, 0.3) is 10.8 Å². The summed E-state index contributed by atoms with van der Waals surface area (Å²) in [7, 11) is 0. The predicted molar refractivity (Wildman–Crippen MR) is 99.0 cm³/mol. The maximum Gasteiger partial charge on any atom is 0.0372 e. The number of benzene rings is 2. The number of anilines is 1. The number of unbranched alkanes of at least 4 members (excludes halogenated alkanes) is 1. The number of hydrogen-bond donors (Lipinski definition) is 1. The first-order valence-corrected chi connectivity index (χ1v) is 8.27. The Morgan fingerprint density at radius 1 is 1.14 bits per heavy atom. The van der Waals surface area contributed by atoms with Crippen molar-refractivity contribution in [3.8, 4) is 0 Å². The lowest BCUT2D eigenvalue weighted by molar-refractivity contribution is 0.330. The van der Waals surface area contributed by atoms with E-state index in [1.165, 1.54) is 35.7 Å². The minimum absolute atomic E-state index is 0. The summed E-state index contributed by atoms with van der Waals surface area (Å²) < 4.78 is 0.